The topological polar surface area (TPSA) is 69.4 Å². The highest BCUT2D eigenvalue weighted by molar-refractivity contribution is 5.96. The number of esters is 1. The molecule has 0 fully saturated rings. The summed E-state index contributed by atoms with van der Waals surface area (Å²) in [5, 5.41) is 10.5. The molecule has 1 aromatic rings. The van der Waals surface area contributed by atoms with E-state index >= 15 is 0 Å². The van der Waals surface area contributed by atoms with Gasteiger partial charge in [0.2, 0.25) is 5.69 Å². The molecule has 0 N–H and O–H groups in total. The largest absolute Gasteiger partial charge is 0.550 e. The summed E-state index contributed by atoms with van der Waals surface area (Å²) < 4.78 is 7.39. The number of nitrogens with zero attached hydrogens (tertiary/aromatic N) is 1. The molecule has 136 valence electrons. The molecule has 0 unspecified atom stereocenters. The molecule has 0 amide bonds. The van der Waals surface area contributed by atoms with Gasteiger partial charge in [-0.05, 0) is 52.2 Å². The lowest BCUT2D eigenvalue weighted by Crippen LogP contribution is -2.27. The van der Waals surface area contributed by atoms with Gasteiger partial charge in [-0.3, -0.25) is 0 Å². The predicted molar refractivity (Wildman–Crippen MR) is 94.4 cm³/mol. The van der Waals surface area contributed by atoms with Crippen molar-refractivity contribution < 1.29 is 24.0 Å². The lowest BCUT2D eigenvalue weighted by molar-refractivity contribution is -0.439. The van der Waals surface area contributed by atoms with Gasteiger partial charge in [-0.1, -0.05) is 0 Å². The summed E-state index contributed by atoms with van der Waals surface area (Å²) in [7, 11) is 0. The summed E-state index contributed by atoms with van der Waals surface area (Å²) in [4.78, 5) is 22.5. The van der Waals surface area contributed by atoms with Crippen molar-refractivity contribution in [1.29, 1.82) is 0 Å². The van der Waals surface area contributed by atoms with Crippen LogP contribution in [0.5, 0.6) is 0 Å². The van der Waals surface area contributed by atoms with E-state index in [0.29, 0.717) is 18.6 Å². The number of carboxylic acids is 1. The molecule has 0 spiro atoms. The molecular weight excluding hydrogens is 318 g/mol. The van der Waals surface area contributed by atoms with Crippen LogP contribution >= 0.6 is 0 Å². The number of ether oxygens (including phenoxy) is 1. The Labute approximate surface area is 149 Å². The molecule has 0 radical (unpaired) electrons. The highest BCUT2D eigenvalue weighted by atomic mass is 16.5. The van der Waals surface area contributed by atoms with Crippen LogP contribution in [0.15, 0.2) is 18.2 Å². The summed E-state index contributed by atoms with van der Waals surface area (Å²) >= 11 is 0. The highest BCUT2D eigenvalue weighted by Gasteiger charge is 2.43. The van der Waals surface area contributed by atoms with E-state index in [4.69, 9.17) is 4.74 Å². The number of fused-ring (bicyclic) bond motifs is 1. The van der Waals surface area contributed by atoms with Gasteiger partial charge in [0.25, 0.3) is 0 Å². The zero-order chi connectivity index (χ0) is 18.6. The Balaban J connectivity index is 2.17. The van der Waals surface area contributed by atoms with E-state index in [0.717, 1.165) is 30.6 Å². The van der Waals surface area contributed by atoms with Gasteiger partial charge in [-0.25, -0.2) is 4.79 Å². The van der Waals surface area contributed by atoms with E-state index in [9.17, 15) is 14.7 Å². The van der Waals surface area contributed by atoms with Gasteiger partial charge < -0.3 is 14.6 Å². The van der Waals surface area contributed by atoms with Crippen molar-refractivity contribution >= 4 is 23.3 Å². The minimum Gasteiger partial charge on any atom is -0.550 e. The zero-order valence-corrected chi connectivity index (χ0v) is 15.6. The van der Waals surface area contributed by atoms with Crippen LogP contribution in [0.4, 0.5) is 5.69 Å². The molecule has 2 rings (SSSR count). The van der Waals surface area contributed by atoms with Crippen LogP contribution in [0, 0.1) is 0 Å². The normalized spacial score (nSPS) is 15.2. The van der Waals surface area contributed by atoms with E-state index < -0.39 is 5.97 Å². The summed E-state index contributed by atoms with van der Waals surface area (Å²) in [5.41, 5.74) is 3.92. The van der Waals surface area contributed by atoms with Crippen molar-refractivity contribution in [2.75, 3.05) is 13.2 Å². The van der Waals surface area contributed by atoms with E-state index in [1.54, 1.807) is 6.92 Å². The Hall–Kier alpha value is -2.17. The Kier molecular flexibility index (Phi) is 5.98. The number of benzene rings is 1. The summed E-state index contributed by atoms with van der Waals surface area (Å²) in [6, 6.07) is 5.74. The van der Waals surface area contributed by atoms with Crippen molar-refractivity contribution in [3.8, 4) is 0 Å². The van der Waals surface area contributed by atoms with E-state index in [1.165, 1.54) is 5.71 Å². The number of hydrogen-bond acceptors (Lipinski definition) is 4. The quantitative estimate of drug-likeness (QED) is 0.412. The van der Waals surface area contributed by atoms with E-state index in [2.05, 4.69) is 25.3 Å². The first-order valence-electron chi connectivity index (χ1n) is 8.92. The second kappa shape index (κ2) is 7.81. The third kappa shape index (κ3) is 4.09. The third-order valence-corrected chi connectivity index (χ3v) is 5.04. The third-order valence-electron chi connectivity index (χ3n) is 5.04. The highest BCUT2D eigenvalue weighted by Crippen LogP contribution is 2.40. The van der Waals surface area contributed by atoms with Gasteiger partial charge in [0, 0.05) is 30.9 Å². The number of unbranched alkanes of at least 4 members (excludes halogenated alkanes) is 2. The molecule has 1 aliphatic heterocycles. The van der Waals surface area contributed by atoms with Crippen molar-refractivity contribution in [1.82, 2.24) is 0 Å². The van der Waals surface area contributed by atoms with Crippen LogP contribution in [-0.2, 0) is 14.9 Å². The van der Waals surface area contributed by atoms with Crippen LogP contribution in [-0.4, -0.2) is 35.4 Å². The Morgan fingerprint density at radius 3 is 2.56 bits per heavy atom. The first-order chi connectivity index (χ1) is 11.8. The molecule has 0 aromatic heterocycles. The molecule has 0 atom stereocenters. The number of hydrogen-bond donors (Lipinski definition) is 0. The van der Waals surface area contributed by atoms with E-state index in [-0.39, 0.29) is 17.8 Å². The lowest BCUT2D eigenvalue weighted by atomic mass is 9.81. The molecule has 5 heteroatoms. The number of carbonyl (C=O) groups is 2. The average molecular weight is 345 g/mol. The van der Waals surface area contributed by atoms with Crippen LogP contribution in [0.1, 0.15) is 69.3 Å². The van der Waals surface area contributed by atoms with Crippen molar-refractivity contribution in [2.45, 2.75) is 58.8 Å². The number of carboxylic acid groups (broad SMARTS) is 1. The minimum absolute atomic E-state index is 0.119. The molecular formula is C20H27NO4. The molecule has 0 saturated heterocycles. The zero-order valence-electron chi connectivity index (χ0n) is 15.6. The summed E-state index contributed by atoms with van der Waals surface area (Å²) in [5.74, 6) is -1.28. The fraction of sp³-hybridized carbons (Fsp3) is 0.550. The number of aliphatic carboxylic acids is 1. The fourth-order valence-corrected chi connectivity index (χ4v) is 3.33. The second-order valence-electron chi connectivity index (χ2n) is 7.00. The Morgan fingerprint density at radius 2 is 1.92 bits per heavy atom. The average Bonchev–Trinajstić information content (AvgIpc) is 2.74. The minimum atomic E-state index is -0.984. The van der Waals surface area contributed by atoms with Gasteiger partial charge >= 0.3 is 5.97 Å². The van der Waals surface area contributed by atoms with Gasteiger partial charge in [0.15, 0.2) is 5.71 Å². The maximum absolute atomic E-state index is 12.0. The predicted octanol–water partition coefficient (Wildman–Crippen LogP) is 2.57. The molecule has 1 heterocycles. The molecule has 1 aliphatic rings. The maximum Gasteiger partial charge on any atom is 0.338 e. The second-order valence-corrected chi connectivity index (χ2v) is 7.00. The Morgan fingerprint density at radius 1 is 1.20 bits per heavy atom. The fourth-order valence-electron chi connectivity index (χ4n) is 3.33. The van der Waals surface area contributed by atoms with Crippen molar-refractivity contribution in [2.24, 2.45) is 0 Å². The molecule has 5 nitrogen and oxygen atoms in total. The summed E-state index contributed by atoms with van der Waals surface area (Å²) in [6.45, 7) is 9.44. The van der Waals surface area contributed by atoms with Crippen LogP contribution in [0.3, 0.4) is 0 Å². The van der Waals surface area contributed by atoms with Gasteiger partial charge in [0.05, 0.1) is 17.6 Å². The van der Waals surface area contributed by atoms with Crippen molar-refractivity contribution in [3.05, 3.63) is 29.3 Å². The standard InChI is InChI=1S/C20H27NO4/c1-5-25-19(24)15-10-11-17-16(13-15)20(3,4)14(2)21(17)12-8-6-7-9-18(22)23/h10-11,13H,5-9,12H2,1-4H3. The molecule has 0 saturated carbocycles. The molecule has 0 bridgehead atoms. The van der Waals surface area contributed by atoms with Crippen LogP contribution in [0.25, 0.3) is 0 Å². The van der Waals surface area contributed by atoms with Gasteiger partial charge in [-0.15, -0.1) is 0 Å². The van der Waals surface area contributed by atoms with Gasteiger partial charge in [0.1, 0.15) is 6.54 Å². The first kappa shape index (κ1) is 19.2. The molecule has 0 aliphatic carbocycles. The van der Waals surface area contributed by atoms with Gasteiger partial charge in [-0.2, -0.15) is 4.58 Å². The first-order valence-corrected chi connectivity index (χ1v) is 8.92. The Bertz CT molecular complexity index is 704. The smallest absolute Gasteiger partial charge is 0.338 e. The number of carbonyl (C=O) groups excluding carboxylic acids is 2. The molecule has 1 aromatic carbocycles. The van der Waals surface area contributed by atoms with Crippen LogP contribution < -0.4 is 5.11 Å². The van der Waals surface area contributed by atoms with Crippen LogP contribution in [0.2, 0.25) is 0 Å². The summed E-state index contributed by atoms with van der Waals surface area (Å²) in [6.07, 6.45) is 2.54. The number of rotatable bonds is 8. The monoisotopic (exact) mass is 345 g/mol. The molecule has 25 heavy (non-hydrogen) atoms. The van der Waals surface area contributed by atoms with E-state index in [1.807, 2.05) is 18.2 Å². The SMILES string of the molecule is CCOC(=O)c1ccc2c(c1)C(C)(C)C(C)=[N+]2CCCCCC(=O)[O-]. The maximum atomic E-state index is 12.0. The lowest BCUT2D eigenvalue weighted by Gasteiger charge is -2.15. The van der Waals surface area contributed by atoms with Crippen molar-refractivity contribution in [3.63, 3.8) is 0 Å².